The van der Waals surface area contributed by atoms with Crippen LogP contribution in [-0.2, 0) is 22.7 Å². The van der Waals surface area contributed by atoms with Crippen LogP contribution in [-0.4, -0.2) is 31.6 Å². The van der Waals surface area contributed by atoms with Crippen LogP contribution in [0.15, 0.2) is 53.4 Å². The van der Waals surface area contributed by atoms with Gasteiger partial charge in [-0.1, -0.05) is 37.3 Å². The molecular weight excluding hydrogens is 384 g/mol. The lowest BCUT2D eigenvalue weighted by Gasteiger charge is -2.17. The van der Waals surface area contributed by atoms with E-state index in [-0.39, 0.29) is 11.7 Å². The Bertz CT molecular complexity index is 1130. The van der Waals surface area contributed by atoms with Gasteiger partial charge in [-0.15, -0.1) is 0 Å². The van der Waals surface area contributed by atoms with Crippen LogP contribution in [0, 0.1) is 5.92 Å². The fourth-order valence-corrected chi connectivity index (χ4v) is 5.44. The Hall–Kier alpha value is -2.60. The number of hydrogen-bond acceptors (Lipinski definition) is 3. The maximum Gasteiger partial charge on any atom is 0.253 e. The molecule has 0 saturated heterocycles. The van der Waals surface area contributed by atoms with E-state index in [1.54, 1.807) is 30.3 Å². The molecule has 152 valence electrons. The molecule has 0 saturated carbocycles. The van der Waals surface area contributed by atoms with E-state index in [1.807, 2.05) is 12.1 Å². The summed E-state index contributed by atoms with van der Waals surface area (Å²) in [5.41, 5.74) is 4.09. The molecule has 3 aromatic rings. The topological polar surface area (TPSA) is 79.0 Å². The van der Waals surface area contributed by atoms with E-state index in [0.717, 1.165) is 30.2 Å². The predicted molar refractivity (Wildman–Crippen MR) is 115 cm³/mol. The van der Waals surface area contributed by atoms with Crippen molar-refractivity contribution in [1.29, 1.82) is 0 Å². The summed E-state index contributed by atoms with van der Waals surface area (Å²) in [5.74, 6) is 0.501. The van der Waals surface area contributed by atoms with Crippen LogP contribution in [0.25, 0.3) is 10.9 Å². The van der Waals surface area contributed by atoms with Gasteiger partial charge in [0.1, 0.15) is 0 Å². The zero-order valence-electron chi connectivity index (χ0n) is 16.6. The predicted octanol–water partition coefficient (Wildman–Crippen LogP) is 3.89. The molecule has 2 aromatic carbocycles. The fourth-order valence-electron chi connectivity index (χ4n) is 4.11. The summed E-state index contributed by atoms with van der Waals surface area (Å²) in [4.78, 5) is 16.5. The van der Waals surface area contributed by atoms with Crippen molar-refractivity contribution < 1.29 is 13.2 Å². The van der Waals surface area contributed by atoms with Gasteiger partial charge in [-0.3, -0.25) is 4.79 Å². The van der Waals surface area contributed by atoms with Crippen LogP contribution in [0.3, 0.4) is 0 Å². The number of hydrogen-bond donors (Lipinski definition) is 2. The maximum atomic E-state index is 12.7. The minimum Gasteiger partial charge on any atom is -0.358 e. The minimum absolute atomic E-state index is 0.0101. The second kappa shape index (κ2) is 8.03. The summed E-state index contributed by atoms with van der Waals surface area (Å²) in [7, 11) is -3.32. The third kappa shape index (κ3) is 4.08. The van der Waals surface area contributed by atoms with E-state index in [9.17, 15) is 13.2 Å². The number of rotatable bonds is 6. The third-order valence-electron chi connectivity index (χ3n) is 5.69. The van der Waals surface area contributed by atoms with Crippen molar-refractivity contribution in [2.75, 3.05) is 12.3 Å². The second-order valence-electron chi connectivity index (χ2n) is 7.90. The van der Waals surface area contributed by atoms with E-state index in [2.05, 4.69) is 23.3 Å². The number of H-pyrrole nitrogens is 1. The molecule has 1 heterocycles. The lowest BCUT2D eigenvalue weighted by Crippen LogP contribution is -2.26. The van der Waals surface area contributed by atoms with Crippen LogP contribution in [0.5, 0.6) is 0 Å². The number of fused-ring (bicyclic) bond motifs is 3. The molecule has 0 radical (unpaired) electrons. The van der Waals surface area contributed by atoms with E-state index in [1.165, 1.54) is 11.3 Å². The standard InChI is InChI=1S/C23H26N2O3S/c1-16-11-12-21-20(15-16)18-9-5-10-19(22(18)25-21)23(26)24-13-6-14-29(27,28)17-7-3-2-4-8-17/h2-5,7-10,16,25H,6,11-15H2,1H3,(H,24,26). The van der Waals surface area contributed by atoms with Crippen LogP contribution >= 0.6 is 0 Å². The molecular formula is C23H26N2O3S. The number of para-hydroxylation sites is 1. The molecule has 0 bridgehead atoms. The van der Waals surface area contributed by atoms with Crippen molar-refractivity contribution in [3.05, 3.63) is 65.4 Å². The number of aromatic nitrogens is 1. The minimum atomic E-state index is -3.32. The van der Waals surface area contributed by atoms with Crippen LogP contribution in [0.4, 0.5) is 0 Å². The largest absolute Gasteiger partial charge is 0.358 e. The van der Waals surface area contributed by atoms with Crippen molar-refractivity contribution in [2.45, 2.75) is 37.5 Å². The molecule has 1 atom stereocenters. The van der Waals surface area contributed by atoms with Gasteiger partial charge in [-0.25, -0.2) is 8.42 Å². The van der Waals surface area contributed by atoms with E-state index in [0.29, 0.717) is 29.3 Å². The van der Waals surface area contributed by atoms with Gasteiger partial charge < -0.3 is 10.3 Å². The molecule has 0 spiro atoms. The Balaban J connectivity index is 1.42. The lowest BCUT2D eigenvalue weighted by atomic mass is 9.87. The van der Waals surface area contributed by atoms with Gasteiger partial charge in [-0.05, 0) is 55.4 Å². The first-order valence-corrected chi connectivity index (χ1v) is 11.8. The van der Waals surface area contributed by atoms with E-state index >= 15 is 0 Å². The van der Waals surface area contributed by atoms with Crippen LogP contribution in [0.2, 0.25) is 0 Å². The van der Waals surface area contributed by atoms with Crippen molar-refractivity contribution in [2.24, 2.45) is 5.92 Å². The molecule has 1 amide bonds. The van der Waals surface area contributed by atoms with Gasteiger partial charge in [0.05, 0.1) is 21.7 Å². The summed E-state index contributed by atoms with van der Waals surface area (Å²) in [6, 6.07) is 14.2. The Labute approximate surface area is 171 Å². The Morgan fingerprint density at radius 2 is 1.93 bits per heavy atom. The molecule has 1 aliphatic carbocycles. The molecule has 1 unspecified atom stereocenters. The first kappa shape index (κ1) is 19.7. The van der Waals surface area contributed by atoms with Crippen molar-refractivity contribution >= 4 is 26.6 Å². The quantitative estimate of drug-likeness (QED) is 0.605. The van der Waals surface area contributed by atoms with Crippen molar-refractivity contribution in [3.8, 4) is 0 Å². The normalized spacial score (nSPS) is 16.5. The number of aromatic amines is 1. The van der Waals surface area contributed by atoms with Crippen molar-refractivity contribution in [1.82, 2.24) is 10.3 Å². The highest BCUT2D eigenvalue weighted by atomic mass is 32.2. The first-order chi connectivity index (χ1) is 14.0. The Morgan fingerprint density at radius 3 is 2.72 bits per heavy atom. The van der Waals surface area contributed by atoms with Gasteiger partial charge in [0.15, 0.2) is 9.84 Å². The number of sulfone groups is 1. The Morgan fingerprint density at radius 1 is 1.14 bits per heavy atom. The molecule has 2 N–H and O–H groups in total. The average Bonchev–Trinajstić information content (AvgIpc) is 3.09. The van der Waals surface area contributed by atoms with E-state index < -0.39 is 9.84 Å². The molecule has 0 aliphatic heterocycles. The van der Waals surface area contributed by atoms with Gasteiger partial charge in [0.2, 0.25) is 0 Å². The summed E-state index contributed by atoms with van der Waals surface area (Å²) >= 11 is 0. The average molecular weight is 411 g/mol. The molecule has 1 aromatic heterocycles. The number of benzene rings is 2. The molecule has 1 aliphatic rings. The third-order valence-corrected chi connectivity index (χ3v) is 7.51. The zero-order valence-corrected chi connectivity index (χ0v) is 17.4. The molecule has 6 heteroatoms. The monoisotopic (exact) mass is 410 g/mol. The second-order valence-corrected chi connectivity index (χ2v) is 10.0. The lowest BCUT2D eigenvalue weighted by molar-refractivity contribution is 0.0955. The van der Waals surface area contributed by atoms with Crippen LogP contribution < -0.4 is 5.32 Å². The van der Waals surface area contributed by atoms with E-state index in [4.69, 9.17) is 0 Å². The highest BCUT2D eigenvalue weighted by Crippen LogP contribution is 2.32. The smallest absolute Gasteiger partial charge is 0.253 e. The summed E-state index contributed by atoms with van der Waals surface area (Å²) in [6.45, 7) is 2.58. The number of carbonyl (C=O) groups is 1. The molecule has 29 heavy (non-hydrogen) atoms. The summed E-state index contributed by atoms with van der Waals surface area (Å²) < 4.78 is 24.7. The maximum absolute atomic E-state index is 12.7. The number of carbonyl (C=O) groups excluding carboxylic acids is 1. The number of aryl methyl sites for hydroxylation is 1. The fraction of sp³-hybridized carbons (Fsp3) is 0.348. The van der Waals surface area contributed by atoms with Crippen molar-refractivity contribution in [3.63, 3.8) is 0 Å². The first-order valence-electron chi connectivity index (χ1n) is 10.1. The summed E-state index contributed by atoms with van der Waals surface area (Å²) in [6.07, 6.45) is 3.59. The van der Waals surface area contributed by atoms with Gasteiger partial charge in [-0.2, -0.15) is 0 Å². The number of nitrogens with one attached hydrogen (secondary N) is 2. The summed E-state index contributed by atoms with van der Waals surface area (Å²) in [5, 5.41) is 4.01. The number of amides is 1. The zero-order chi connectivity index (χ0) is 20.4. The highest BCUT2D eigenvalue weighted by molar-refractivity contribution is 7.91. The van der Waals surface area contributed by atoms with Gasteiger partial charge in [0, 0.05) is 17.6 Å². The highest BCUT2D eigenvalue weighted by Gasteiger charge is 2.22. The van der Waals surface area contributed by atoms with Crippen LogP contribution in [0.1, 0.15) is 41.4 Å². The SMILES string of the molecule is CC1CCc2[nH]c3c(C(=O)NCCCS(=O)(=O)c4ccccc4)cccc3c2C1. The van der Waals surface area contributed by atoms with Gasteiger partial charge >= 0.3 is 0 Å². The van der Waals surface area contributed by atoms with Gasteiger partial charge in [0.25, 0.3) is 5.91 Å². The Kier molecular flexibility index (Phi) is 5.46. The molecule has 5 nitrogen and oxygen atoms in total. The molecule has 0 fully saturated rings. The molecule has 4 rings (SSSR count).